The molecule has 0 aromatic rings. The number of carbonyl (C=O) groups is 1. The van der Waals surface area contributed by atoms with Crippen LogP contribution in [0.5, 0.6) is 0 Å². The van der Waals surface area contributed by atoms with Crippen molar-refractivity contribution in [2.24, 2.45) is 0 Å². The van der Waals surface area contributed by atoms with Crippen LogP contribution >= 0.6 is 0 Å². The quantitative estimate of drug-likeness (QED) is 0.396. The molecule has 0 bridgehead atoms. The fourth-order valence-corrected chi connectivity index (χ4v) is 2.59. The van der Waals surface area contributed by atoms with Crippen molar-refractivity contribution in [1.82, 2.24) is 0 Å². The molecule has 1 heterocycles. The minimum atomic E-state index is -0.140. The fraction of sp³-hybridized carbons (Fsp3) is 0.727. The van der Waals surface area contributed by atoms with Gasteiger partial charge in [0.15, 0.2) is 0 Å². The predicted octanol–water partition coefficient (Wildman–Crippen LogP) is 0.758. The Morgan fingerprint density at radius 3 is 3.00 bits per heavy atom. The minimum Gasteiger partial charge on any atom is -0.461 e. The summed E-state index contributed by atoms with van der Waals surface area (Å²) in [7, 11) is 0.990. The molecule has 86 valence electrons. The summed E-state index contributed by atoms with van der Waals surface area (Å²) < 4.78 is 10.7. The molecule has 1 rings (SSSR count). The largest absolute Gasteiger partial charge is 0.461 e. The Bertz CT molecular complexity index is 222. The Kier molecular flexibility index (Phi) is 5.05. The van der Waals surface area contributed by atoms with Crippen molar-refractivity contribution in [3.63, 3.8) is 0 Å². The average molecular weight is 228 g/mol. The lowest BCUT2D eigenvalue weighted by molar-refractivity contribution is -0.144. The molecule has 1 unspecified atom stereocenters. The Hall–Kier alpha value is -0.613. The van der Waals surface area contributed by atoms with Gasteiger partial charge in [-0.15, -0.1) is 0 Å². The summed E-state index contributed by atoms with van der Waals surface area (Å²) in [4.78, 5) is 11.3. The SMILES string of the molecule is C=CCOC(=O)CCC1([SiH3])CCCCO1. The van der Waals surface area contributed by atoms with E-state index in [1.54, 1.807) is 6.08 Å². The fourth-order valence-electron chi connectivity index (χ4n) is 1.78. The van der Waals surface area contributed by atoms with E-state index in [4.69, 9.17) is 9.47 Å². The van der Waals surface area contributed by atoms with Crippen molar-refractivity contribution in [2.45, 2.75) is 37.3 Å². The van der Waals surface area contributed by atoms with Gasteiger partial charge in [0.05, 0.1) is 0 Å². The minimum absolute atomic E-state index is 0.0193. The number of ether oxygens (including phenoxy) is 2. The topological polar surface area (TPSA) is 35.5 Å². The van der Waals surface area contributed by atoms with Crippen LogP contribution in [-0.2, 0) is 14.3 Å². The molecule has 0 amide bonds. The molecule has 1 aliphatic rings. The molecule has 0 aromatic heterocycles. The van der Waals surface area contributed by atoms with E-state index >= 15 is 0 Å². The molecule has 1 atom stereocenters. The lowest BCUT2D eigenvalue weighted by atomic mass is 10.0. The van der Waals surface area contributed by atoms with Crippen LogP contribution in [0.25, 0.3) is 0 Å². The van der Waals surface area contributed by atoms with Gasteiger partial charge >= 0.3 is 5.97 Å². The lowest BCUT2D eigenvalue weighted by Crippen LogP contribution is -2.37. The van der Waals surface area contributed by atoms with Gasteiger partial charge in [-0.1, -0.05) is 12.7 Å². The number of esters is 1. The van der Waals surface area contributed by atoms with E-state index in [1.165, 1.54) is 6.42 Å². The van der Waals surface area contributed by atoms with Gasteiger partial charge in [-0.25, -0.2) is 0 Å². The van der Waals surface area contributed by atoms with E-state index in [0.29, 0.717) is 13.0 Å². The highest BCUT2D eigenvalue weighted by atomic mass is 28.1. The molecule has 3 nitrogen and oxygen atoms in total. The molecule has 0 radical (unpaired) electrons. The van der Waals surface area contributed by atoms with Gasteiger partial charge in [0, 0.05) is 28.5 Å². The molecule has 4 heteroatoms. The highest BCUT2D eigenvalue weighted by molar-refractivity contribution is 6.14. The van der Waals surface area contributed by atoms with Gasteiger partial charge in [0.1, 0.15) is 6.61 Å². The Morgan fingerprint density at radius 2 is 2.40 bits per heavy atom. The van der Waals surface area contributed by atoms with Crippen LogP contribution in [0.2, 0.25) is 0 Å². The van der Waals surface area contributed by atoms with E-state index < -0.39 is 0 Å². The second-order valence-electron chi connectivity index (χ2n) is 4.23. The maximum Gasteiger partial charge on any atom is 0.306 e. The lowest BCUT2D eigenvalue weighted by Gasteiger charge is -2.33. The van der Waals surface area contributed by atoms with Crippen LogP contribution in [0.1, 0.15) is 32.1 Å². The molecule has 1 fully saturated rings. The van der Waals surface area contributed by atoms with Crippen molar-refractivity contribution in [2.75, 3.05) is 13.2 Å². The molecular formula is C11H20O3Si. The van der Waals surface area contributed by atoms with Crippen LogP contribution < -0.4 is 0 Å². The third-order valence-electron chi connectivity index (χ3n) is 2.77. The number of carbonyl (C=O) groups excluding carboxylic acids is 1. The third-order valence-corrected chi connectivity index (χ3v) is 4.06. The number of hydrogen-bond donors (Lipinski definition) is 0. The normalized spacial score (nSPS) is 26.1. The predicted molar refractivity (Wildman–Crippen MR) is 62.9 cm³/mol. The van der Waals surface area contributed by atoms with Crippen LogP contribution in [0, 0.1) is 0 Å². The van der Waals surface area contributed by atoms with Crippen LogP contribution in [0.4, 0.5) is 0 Å². The zero-order valence-corrected chi connectivity index (χ0v) is 11.5. The second kappa shape index (κ2) is 6.08. The summed E-state index contributed by atoms with van der Waals surface area (Å²) in [6.07, 6.45) is 6.36. The number of hydrogen-bond acceptors (Lipinski definition) is 3. The van der Waals surface area contributed by atoms with Crippen LogP contribution in [-0.4, -0.2) is 34.6 Å². The summed E-state index contributed by atoms with van der Waals surface area (Å²) in [6.45, 7) is 4.67. The van der Waals surface area contributed by atoms with Crippen molar-refractivity contribution < 1.29 is 14.3 Å². The Balaban J connectivity index is 2.22. The van der Waals surface area contributed by atoms with Crippen LogP contribution in [0.3, 0.4) is 0 Å². The first-order chi connectivity index (χ1) is 7.16. The second-order valence-corrected chi connectivity index (χ2v) is 6.05. The molecule has 0 N–H and O–H groups in total. The average Bonchev–Trinajstić information content (AvgIpc) is 2.25. The van der Waals surface area contributed by atoms with E-state index in [2.05, 4.69) is 6.58 Å². The molecule has 0 saturated carbocycles. The highest BCUT2D eigenvalue weighted by Crippen LogP contribution is 2.26. The molecule has 0 spiro atoms. The summed E-state index contributed by atoms with van der Waals surface area (Å²) in [5.41, 5.74) is 0. The van der Waals surface area contributed by atoms with Gasteiger partial charge in [-0.3, -0.25) is 4.79 Å². The van der Waals surface area contributed by atoms with Gasteiger partial charge < -0.3 is 9.47 Å². The van der Waals surface area contributed by atoms with Gasteiger partial charge in [-0.2, -0.15) is 0 Å². The smallest absolute Gasteiger partial charge is 0.306 e. The first-order valence-corrected chi connectivity index (χ1v) is 6.57. The van der Waals surface area contributed by atoms with E-state index in [9.17, 15) is 4.79 Å². The van der Waals surface area contributed by atoms with E-state index in [1.807, 2.05) is 0 Å². The van der Waals surface area contributed by atoms with Crippen molar-refractivity contribution in [3.8, 4) is 0 Å². The summed E-state index contributed by atoms with van der Waals surface area (Å²) >= 11 is 0. The highest BCUT2D eigenvalue weighted by Gasteiger charge is 2.28. The van der Waals surface area contributed by atoms with Gasteiger partial charge in [-0.05, 0) is 25.7 Å². The van der Waals surface area contributed by atoms with Crippen molar-refractivity contribution in [1.29, 1.82) is 0 Å². The molecule has 0 aromatic carbocycles. The molecule has 1 aliphatic heterocycles. The first-order valence-electron chi connectivity index (χ1n) is 5.57. The van der Waals surface area contributed by atoms with Gasteiger partial charge in [0.25, 0.3) is 0 Å². The van der Waals surface area contributed by atoms with Crippen LogP contribution in [0.15, 0.2) is 12.7 Å². The zero-order valence-electron chi connectivity index (χ0n) is 9.46. The van der Waals surface area contributed by atoms with E-state index in [-0.39, 0.29) is 11.2 Å². The van der Waals surface area contributed by atoms with Crippen molar-refractivity contribution >= 4 is 16.2 Å². The zero-order chi connectivity index (χ0) is 11.1. The Labute approximate surface area is 94.3 Å². The van der Waals surface area contributed by atoms with Crippen molar-refractivity contribution in [3.05, 3.63) is 12.7 Å². The standard InChI is InChI=1S/C11H20O3Si/c1-2-8-13-10(12)5-7-11(15)6-3-4-9-14-11/h2H,1,3-9H2,15H3. The Morgan fingerprint density at radius 1 is 1.60 bits per heavy atom. The third kappa shape index (κ3) is 4.62. The maximum atomic E-state index is 11.3. The summed E-state index contributed by atoms with van der Waals surface area (Å²) in [6, 6.07) is 0. The van der Waals surface area contributed by atoms with Gasteiger partial charge in [0.2, 0.25) is 0 Å². The summed E-state index contributed by atoms with van der Waals surface area (Å²) in [5, 5.41) is 0.0193. The molecular weight excluding hydrogens is 208 g/mol. The summed E-state index contributed by atoms with van der Waals surface area (Å²) in [5.74, 6) is -0.140. The first kappa shape index (κ1) is 12.5. The number of rotatable bonds is 5. The molecule has 0 aliphatic carbocycles. The molecule has 15 heavy (non-hydrogen) atoms. The van der Waals surface area contributed by atoms with E-state index in [0.717, 1.165) is 36.1 Å². The molecule has 1 saturated heterocycles. The monoisotopic (exact) mass is 228 g/mol. The maximum absolute atomic E-state index is 11.3.